The van der Waals surface area contributed by atoms with Gasteiger partial charge in [-0.1, -0.05) is 6.07 Å². The van der Waals surface area contributed by atoms with E-state index in [0.717, 1.165) is 6.42 Å². The minimum absolute atomic E-state index is 0.300. The van der Waals surface area contributed by atoms with Gasteiger partial charge in [-0.25, -0.2) is 9.18 Å². The fourth-order valence-electron chi connectivity index (χ4n) is 2.16. The highest BCUT2D eigenvalue weighted by atomic mass is 19.1. The molecule has 98 valence electrons. The molecule has 1 aromatic rings. The first-order chi connectivity index (χ1) is 8.46. The van der Waals surface area contributed by atoms with Gasteiger partial charge in [-0.15, -0.1) is 0 Å². The molecule has 0 saturated carbocycles. The Balaban J connectivity index is 2.00. The molecule has 2 N–H and O–H groups in total. The van der Waals surface area contributed by atoms with Crippen molar-refractivity contribution in [2.24, 2.45) is 0 Å². The Bertz CT molecular complexity index is 448. The second kappa shape index (κ2) is 4.94. The smallest absolute Gasteiger partial charge is 0.321 e. The second-order valence-corrected chi connectivity index (χ2v) is 4.96. The molecule has 1 aromatic carbocycles. The molecule has 0 bridgehead atoms. The quantitative estimate of drug-likeness (QED) is 0.805. The molecule has 1 aliphatic rings. The molecular formula is C13H17FN2O2. The van der Waals surface area contributed by atoms with Crippen molar-refractivity contribution < 1.29 is 14.3 Å². The minimum Gasteiger partial charge on any atom is -0.388 e. The zero-order valence-corrected chi connectivity index (χ0v) is 10.3. The van der Waals surface area contributed by atoms with Crippen LogP contribution in [0.25, 0.3) is 0 Å². The van der Waals surface area contributed by atoms with Crippen LogP contribution < -0.4 is 5.32 Å². The third-order valence-electron chi connectivity index (χ3n) is 3.04. The van der Waals surface area contributed by atoms with Crippen LogP contribution in [-0.2, 0) is 0 Å². The molecule has 0 spiro atoms. The summed E-state index contributed by atoms with van der Waals surface area (Å²) in [5.74, 6) is -0.390. The lowest BCUT2D eigenvalue weighted by molar-refractivity contribution is -0.000636. The maximum absolute atomic E-state index is 13.0. The summed E-state index contributed by atoms with van der Waals surface area (Å²) in [6, 6.07) is 5.45. The highest BCUT2D eigenvalue weighted by Gasteiger charge is 2.30. The molecule has 1 aliphatic heterocycles. The van der Waals surface area contributed by atoms with Crippen molar-refractivity contribution in [3.63, 3.8) is 0 Å². The summed E-state index contributed by atoms with van der Waals surface area (Å²) in [5.41, 5.74) is -0.414. The molecule has 1 heterocycles. The maximum Gasteiger partial charge on any atom is 0.321 e. The Morgan fingerprint density at radius 2 is 2.33 bits per heavy atom. The number of benzene rings is 1. The molecule has 2 amide bonds. The van der Waals surface area contributed by atoms with Gasteiger partial charge in [0.2, 0.25) is 0 Å². The lowest BCUT2D eigenvalue weighted by Crippen LogP contribution is -2.49. The van der Waals surface area contributed by atoms with Crippen molar-refractivity contribution in [3.8, 4) is 0 Å². The fraction of sp³-hybridized carbons (Fsp3) is 0.462. The van der Waals surface area contributed by atoms with E-state index in [9.17, 15) is 14.3 Å². The van der Waals surface area contributed by atoms with Crippen LogP contribution in [0, 0.1) is 5.82 Å². The number of nitrogens with one attached hydrogen (secondary N) is 1. The number of urea groups is 1. The molecule has 1 saturated heterocycles. The number of rotatable bonds is 1. The van der Waals surface area contributed by atoms with Crippen LogP contribution in [0.15, 0.2) is 24.3 Å². The van der Waals surface area contributed by atoms with Crippen LogP contribution in [0.1, 0.15) is 19.8 Å². The summed E-state index contributed by atoms with van der Waals surface area (Å²) < 4.78 is 13.0. The van der Waals surface area contributed by atoms with Crippen LogP contribution in [0.2, 0.25) is 0 Å². The van der Waals surface area contributed by atoms with Crippen molar-refractivity contribution in [2.45, 2.75) is 25.4 Å². The number of carbonyl (C=O) groups excluding carboxylic acids is 1. The van der Waals surface area contributed by atoms with Crippen LogP contribution in [-0.4, -0.2) is 34.7 Å². The maximum atomic E-state index is 13.0. The number of aliphatic hydroxyl groups is 1. The van der Waals surface area contributed by atoms with Gasteiger partial charge in [-0.2, -0.15) is 0 Å². The fourth-order valence-corrected chi connectivity index (χ4v) is 2.16. The summed E-state index contributed by atoms with van der Waals surface area (Å²) in [6.45, 7) is 2.63. The Labute approximate surface area is 105 Å². The van der Waals surface area contributed by atoms with Crippen LogP contribution >= 0.6 is 0 Å². The van der Waals surface area contributed by atoms with Crippen LogP contribution in [0.3, 0.4) is 0 Å². The predicted molar refractivity (Wildman–Crippen MR) is 66.8 cm³/mol. The molecule has 18 heavy (non-hydrogen) atoms. The normalized spacial score (nSPS) is 23.8. The third kappa shape index (κ3) is 3.20. The van der Waals surface area contributed by atoms with Gasteiger partial charge in [0.1, 0.15) is 5.82 Å². The van der Waals surface area contributed by atoms with E-state index in [2.05, 4.69) is 5.32 Å². The first kappa shape index (κ1) is 12.8. The highest BCUT2D eigenvalue weighted by molar-refractivity contribution is 5.89. The summed E-state index contributed by atoms with van der Waals surface area (Å²) in [7, 11) is 0. The molecule has 1 atom stereocenters. The number of hydrogen-bond donors (Lipinski definition) is 2. The standard InChI is InChI=1S/C13H17FN2O2/c1-13(18)6-3-7-16(9-13)12(17)15-11-5-2-4-10(14)8-11/h2,4-5,8,18H,3,6-7,9H2,1H3,(H,15,17). The van der Waals surface area contributed by atoms with Crippen molar-refractivity contribution in [1.82, 2.24) is 4.90 Å². The first-order valence-corrected chi connectivity index (χ1v) is 6.00. The number of amides is 2. The number of β-amino-alcohol motifs (C(OH)–C–C–N with tert-alkyl or cyclic N) is 1. The predicted octanol–water partition coefficient (Wildman–Crippen LogP) is 2.20. The Kier molecular flexibility index (Phi) is 3.52. The molecular weight excluding hydrogens is 235 g/mol. The molecule has 5 heteroatoms. The summed E-state index contributed by atoms with van der Waals surface area (Å²) in [6.07, 6.45) is 1.46. The number of halogens is 1. The van der Waals surface area contributed by atoms with Crippen LogP contribution in [0.4, 0.5) is 14.9 Å². The van der Waals surface area contributed by atoms with E-state index in [0.29, 0.717) is 25.2 Å². The molecule has 1 unspecified atom stereocenters. The van der Waals surface area contributed by atoms with Crippen LogP contribution in [0.5, 0.6) is 0 Å². The molecule has 0 aromatic heterocycles. The summed E-state index contributed by atoms with van der Waals surface area (Å²) >= 11 is 0. The lowest BCUT2D eigenvalue weighted by Gasteiger charge is -2.36. The zero-order chi connectivity index (χ0) is 13.2. The van der Waals surface area contributed by atoms with Gasteiger partial charge in [0.05, 0.1) is 12.1 Å². The zero-order valence-electron chi connectivity index (χ0n) is 10.3. The van der Waals surface area contributed by atoms with Gasteiger partial charge in [-0.05, 0) is 38.0 Å². The van der Waals surface area contributed by atoms with E-state index in [1.807, 2.05) is 0 Å². The minimum atomic E-state index is -0.836. The largest absolute Gasteiger partial charge is 0.388 e. The average molecular weight is 252 g/mol. The van der Waals surface area contributed by atoms with E-state index < -0.39 is 11.4 Å². The number of carbonyl (C=O) groups is 1. The average Bonchev–Trinajstić information content (AvgIpc) is 2.27. The van der Waals surface area contributed by atoms with Gasteiger partial charge in [-0.3, -0.25) is 0 Å². The Morgan fingerprint density at radius 1 is 1.56 bits per heavy atom. The van der Waals surface area contributed by atoms with Crippen molar-refractivity contribution >= 4 is 11.7 Å². The van der Waals surface area contributed by atoms with Gasteiger partial charge >= 0.3 is 6.03 Å². The summed E-state index contributed by atoms with van der Waals surface area (Å²) in [5, 5.41) is 12.5. The van der Waals surface area contributed by atoms with Gasteiger partial charge in [0.15, 0.2) is 0 Å². The van der Waals surface area contributed by atoms with E-state index in [1.54, 1.807) is 17.9 Å². The highest BCUT2D eigenvalue weighted by Crippen LogP contribution is 2.21. The number of anilines is 1. The second-order valence-electron chi connectivity index (χ2n) is 4.96. The Morgan fingerprint density at radius 3 is 3.00 bits per heavy atom. The van der Waals surface area contributed by atoms with E-state index in [-0.39, 0.29) is 6.03 Å². The Hall–Kier alpha value is -1.62. The lowest BCUT2D eigenvalue weighted by atomic mass is 9.95. The number of hydrogen-bond acceptors (Lipinski definition) is 2. The molecule has 0 radical (unpaired) electrons. The van der Waals surface area contributed by atoms with Gasteiger partial charge in [0, 0.05) is 12.2 Å². The van der Waals surface area contributed by atoms with Crippen molar-refractivity contribution in [3.05, 3.63) is 30.1 Å². The third-order valence-corrected chi connectivity index (χ3v) is 3.04. The molecule has 4 nitrogen and oxygen atoms in total. The molecule has 1 fully saturated rings. The monoisotopic (exact) mass is 252 g/mol. The SMILES string of the molecule is CC1(O)CCCN(C(=O)Nc2cccc(F)c2)C1. The number of likely N-dealkylation sites (tertiary alicyclic amines) is 1. The first-order valence-electron chi connectivity index (χ1n) is 6.00. The van der Waals surface area contributed by atoms with Crippen molar-refractivity contribution in [2.75, 3.05) is 18.4 Å². The van der Waals surface area contributed by atoms with Crippen molar-refractivity contribution in [1.29, 1.82) is 0 Å². The number of piperidine rings is 1. The van der Waals surface area contributed by atoms with Gasteiger partial charge in [0.25, 0.3) is 0 Å². The van der Waals surface area contributed by atoms with Gasteiger partial charge < -0.3 is 15.3 Å². The topological polar surface area (TPSA) is 52.6 Å². The van der Waals surface area contributed by atoms with E-state index >= 15 is 0 Å². The van der Waals surface area contributed by atoms with E-state index in [4.69, 9.17) is 0 Å². The molecule has 2 rings (SSSR count). The number of nitrogens with zero attached hydrogens (tertiary/aromatic N) is 1. The van der Waals surface area contributed by atoms with E-state index in [1.165, 1.54) is 18.2 Å². The summed E-state index contributed by atoms with van der Waals surface area (Å²) in [4.78, 5) is 13.5. The molecule has 0 aliphatic carbocycles.